The first-order chi connectivity index (χ1) is 9.08. The minimum absolute atomic E-state index is 0.0450. The van der Waals surface area contributed by atoms with Gasteiger partial charge in [0.1, 0.15) is 17.3 Å². The van der Waals surface area contributed by atoms with Crippen molar-refractivity contribution in [1.29, 1.82) is 0 Å². The summed E-state index contributed by atoms with van der Waals surface area (Å²) in [4.78, 5) is 22.4. The molecule has 5 nitrogen and oxygen atoms in total. The third-order valence-electron chi connectivity index (χ3n) is 2.40. The Bertz CT molecular complexity index is 630. The smallest absolute Gasteiger partial charge is 0.271 e. The van der Waals surface area contributed by atoms with Crippen LogP contribution in [0.25, 0.3) is 0 Å². The second-order valence-corrected chi connectivity index (χ2v) is 3.69. The van der Waals surface area contributed by atoms with Crippen LogP contribution in [0.3, 0.4) is 0 Å². The molecule has 2 N–H and O–H groups in total. The van der Waals surface area contributed by atoms with Gasteiger partial charge < -0.3 is 5.32 Å². The molecule has 0 spiro atoms. The van der Waals surface area contributed by atoms with Gasteiger partial charge in [0.25, 0.3) is 11.5 Å². The molecular formula is C12H9F2N3O2. The lowest BCUT2D eigenvalue weighted by molar-refractivity contribution is 0.0944. The molecule has 0 atom stereocenters. The standard InChI is InChI=1S/C12H9F2N3O2/c13-8-2-1-3-9(14)7(8)6-15-12(19)10-4-5-11(18)17-16-10/h1-5H,6H2,(H,15,19)(H,17,18). The predicted octanol–water partition coefficient (Wildman–Crippen LogP) is 0.978. The zero-order chi connectivity index (χ0) is 13.8. The molecule has 98 valence electrons. The number of carbonyl (C=O) groups is 1. The molecule has 0 saturated heterocycles. The average molecular weight is 265 g/mol. The summed E-state index contributed by atoms with van der Waals surface area (Å²) < 4.78 is 26.6. The first-order valence-electron chi connectivity index (χ1n) is 5.35. The highest BCUT2D eigenvalue weighted by Gasteiger charge is 2.11. The van der Waals surface area contributed by atoms with Crippen LogP contribution in [0.1, 0.15) is 16.1 Å². The summed E-state index contributed by atoms with van der Waals surface area (Å²) in [6.07, 6.45) is 0. The quantitative estimate of drug-likeness (QED) is 0.868. The van der Waals surface area contributed by atoms with E-state index in [4.69, 9.17) is 0 Å². The van der Waals surface area contributed by atoms with E-state index in [1.807, 2.05) is 0 Å². The maximum Gasteiger partial charge on any atom is 0.271 e. The Hall–Kier alpha value is -2.57. The summed E-state index contributed by atoms with van der Waals surface area (Å²) >= 11 is 0. The normalized spacial score (nSPS) is 10.2. The number of nitrogens with one attached hydrogen (secondary N) is 2. The van der Waals surface area contributed by atoms with Crippen molar-refractivity contribution in [3.8, 4) is 0 Å². The SMILES string of the molecule is O=C(NCc1c(F)cccc1F)c1ccc(=O)[nH]n1. The topological polar surface area (TPSA) is 74.8 Å². The molecule has 1 amide bonds. The first-order valence-corrected chi connectivity index (χ1v) is 5.35. The molecule has 0 aliphatic heterocycles. The molecule has 0 aliphatic carbocycles. The van der Waals surface area contributed by atoms with E-state index in [0.29, 0.717) is 0 Å². The van der Waals surface area contributed by atoms with Crippen LogP contribution in [-0.2, 0) is 6.54 Å². The van der Waals surface area contributed by atoms with E-state index in [1.165, 1.54) is 12.1 Å². The molecule has 1 heterocycles. The molecule has 0 fully saturated rings. The van der Waals surface area contributed by atoms with Crippen LogP contribution in [0, 0.1) is 11.6 Å². The van der Waals surface area contributed by atoms with Crippen LogP contribution >= 0.6 is 0 Å². The van der Waals surface area contributed by atoms with Gasteiger partial charge in [0.05, 0.1) is 0 Å². The van der Waals surface area contributed by atoms with Gasteiger partial charge in [-0.25, -0.2) is 13.9 Å². The summed E-state index contributed by atoms with van der Waals surface area (Å²) in [6.45, 7) is -0.307. The van der Waals surface area contributed by atoms with Crippen LogP contribution in [0.4, 0.5) is 8.78 Å². The minimum Gasteiger partial charge on any atom is -0.346 e. The maximum atomic E-state index is 13.3. The molecule has 2 aromatic rings. The van der Waals surface area contributed by atoms with E-state index in [9.17, 15) is 18.4 Å². The van der Waals surface area contributed by atoms with E-state index < -0.39 is 23.1 Å². The monoisotopic (exact) mass is 265 g/mol. The summed E-state index contributed by atoms with van der Waals surface area (Å²) in [6, 6.07) is 5.78. The van der Waals surface area contributed by atoms with E-state index in [2.05, 4.69) is 15.5 Å². The fourth-order valence-electron chi connectivity index (χ4n) is 1.43. The zero-order valence-electron chi connectivity index (χ0n) is 9.61. The maximum absolute atomic E-state index is 13.3. The Morgan fingerprint density at radius 2 is 1.89 bits per heavy atom. The average Bonchev–Trinajstić information content (AvgIpc) is 2.38. The number of H-pyrrole nitrogens is 1. The molecule has 7 heteroatoms. The van der Waals surface area contributed by atoms with Gasteiger partial charge in [0.15, 0.2) is 0 Å². The fourth-order valence-corrected chi connectivity index (χ4v) is 1.43. The second-order valence-electron chi connectivity index (χ2n) is 3.69. The van der Waals surface area contributed by atoms with Crippen molar-refractivity contribution in [2.24, 2.45) is 0 Å². The predicted molar refractivity (Wildman–Crippen MR) is 62.4 cm³/mol. The van der Waals surface area contributed by atoms with Crippen LogP contribution in [0.2, 0.25) is 0 Å². The second kappa shape index (κ2) is 5.38. The van der Waals surface area contributed by atoms with Crippen molar-refractivity contribution in [2.75, 3.05) is 0 Å². The number of aromatic nitrogens is 2. The van der Waals surface area contributed by atoms with Gasteiger partial charge in [-0.3, -0.25) is 9.59 Å². The fraction of sp³-hybridized carbons (Fsp3) is 0.0833. The van der Waals surface area contributed by atoms with Crippen molar-refractivity contribution in [3.05, 3.63) is 63.6 Å². The number of halogens is 2. The van der Waals surface area contributed by atoms with Crippen molar-refractivity contribution in [2.45, 2.75) is 6.54 Å². The third-order valence-corrected chi connectivity index (χ3v) is 2.40. The van der Waals surface area contributed by atoms with Crippen molar-refractivity contribution in [1.82, 2.24) is 15.5 Å². The number of amides is 1. The van der Waals surface area contributed by atoms with Gasteiger partial charge in [-0.1, -0.05) is 6.07 Å². The highest BCUT2D eigenvalue weighted by molar-refractivity contribution is 5.91. The number of benzene rings is 1. The van der Waals surface area contributed by atoms with Gasteiger partial charge in [0.2, 0.25) is 0 Å². The summed E-state index contributed by atoms with van der Waals surface area (Å²) in [5.41, 5.74) is -0.728. The molecule has 1 aromatic heterocycles. The lowest BCUT2D eigenvalue weighted by atomic mass is 10.2. The Morgan fingerprint density at radius 1 is 1.21 bits per heavy atom. The molecular weight excluding hydrogens is 256 g/mol. The van der Waals surface area contributed by atoms with Gasteiger partial charge in [-0.15, -0.1) is 0 Å². The van der Waals surface area contributed by atoms with Gasteiger partial charge >= 0.3 is 0 Å². The van der Waals surface area contributed by atoms with Crippen molar-refractivity contribution < 1.29 is 13.6 Å². The molecule has 0 saturated carbocycles. The molecule has 0 aliphatic rings. The van der Waals surface area contributed by atoms with Gasteiger partial charge in [0, 0.05) is 18.2 Å². The van der Waals surface area contributed by atoms with E-state index in [-0.39, 0.29) is 17.8 Å². The number of nitrogens with zero attached hydrogens (tertiary/aromatic N) is 1. The molecule has 0 radical (unpaired) electrons. The van der Waals surface area contributed by atoms with E-state index >= 15 is 0 Å². The van der Waals surface area contributed by atoms with Crippen LogP contribution in [0.5, 0.6) is 0 Å². The number of hydrogen-bond acceptors (Lipinski definition) is 3. The Balaban J connectivity index is 2.08. The summed E-state index contributed by atoms with van der Waals surface area (Å²) in [7, 11) is 0. The number of hydrogen-bond donors (Lipinski definition) is 2. The minimum atomic E-state index is -0.741. The highest BCUT2D eigenvalue weighted by atomic mass is 19.1. The number of rotatable bonds is 3. The third kappa shape index (κ3) is 3.01. The van der Waals surface area contributed by atoms with Crippen LogP contribution in [-0.4, -0.2) is 16.1 Å². The largest absolute Gasteiger partial charge is 0.346 e. The van der Waals surface area contributed by atoms with E-state index in [1.54, 1.807) is 0 Å². The number of aromatic amines is 1. The zero-order valence-corrected chi connectivity index (χ0v) is 9.61. The molecule has 0 unspecified atom stereocenters. The highest BCUT2D eigenvalue weighted by Crippen LogP contribution is 2.11. The van der Waals surface area contributed by atoms with Crippen LogP contribution in [0.15, 0.2) is 35.1 Å². The molecule has 1 aromatic carbocycles. The lowest BCUT2D eigenvalue weighted by Crippen LogP contribution is -2.26. The molecule has 2 rings (SSSR count). The Kier molecular flexibility index (Phi) is 3.65. The van der Waals surface area contributed by atoms with Crippen molar-refractivity contribution >= 4 is 5.91 Å². The van der Waals surface area contributed by atoms with E-state index in [0.717, 1.165) is 18.2 Å². The summed E-state index contributed by atoms with van der Waals surface area (Å²) in [5.74, 6) is -2.12. The lowest BCUT2D eigenvalue weighted by Gasteiger charge is -2.06. The molecule has 19 heavy (non-hydrogen) atoms. The van der Waals surface area contributed by atoms with Gasteiger partial charge in [-0.2, -0.15) is 5.10 Å². The Morgan fingerprint density at radius 3 is 2.47 bits per heavy atom. The summed E-state index contributed by atoms with van der Waals surface area (Å²) in [5, 5.41) is 7.90. The first kappa shape index (κ1) is 12.9. The molecule has 0 bridgehead atoms. The number of carbonyl (C=O) groups excluding carboxylic acids is 1. The van der Waals surface area contributed by atoms with Gasteiger partial charge in [-0.05, 0) is 18.2 Å². The Labute approximate surface area is 106 Å². The van der Waals surface area contributed by atoms with Crippen LogP contribution < -0.4 is 10.9 Å². The van der Waals surface area contributed by atoms with Crippen molar-refractivity contribution in [3.63, 3.8) is 0 Å².